The molecule has 0 spiro atoms. The topological polar surface area (TPSA) is 32.3 Å². The highest BCUT2D eigenvalue weighted by Gasteiger charge is 2.34. The largest absolute Gasteiger partial charge is 0.397 e. The van der Waals surface area contributed by atoms with Crippen molar-refractivity contribution in [2.45, 2.75) is 31.5 Å². The molecule has 0 radical (unpaired) electrons. The van der Waals surface area contributed by atoms with Crippen molar-refractivity contribution in [3.8, 4) is 0 Å². The van der Waals surface area contributed by atoms with Crippen LogP contribution < -0.4 is 5.32 Å². The Morgan fingerprint density at radius 1 is 1.40 bits per heavy atom. The number of nitrogens with zero attached hydrogens (tertiary/aromatic N) is 1. The van der Waals surface area contributed by atoms with Crippen LogP contribution in [0.25, 0.3) is 0 Å². The van der Waals surface area contributed by atoms with Crippen LogP contribution in [0.15, 0.2) is 0 Å². The molecule has 1 aliphatic heterocycles. The van der Waals surface area contributed by atoms with Gasteiger partial charge in [-0.2, -0.15) is 13.2 Å². The van der Waals surface area contributed by atoms with E-state index in [0.717, 1.165) is 12.8 Å². The molecule has 0 saturated carbocycles. The number of carbonyl (C=O) groups excluding carboxylic acids is 1. The SMILES string of the molecule is CNC1CCN(C(=O)CC(F)(F)F)CC1. The predicted molar refractivity (Wildman–Crippen MR) is 49.3 cm³/mol. The Labute approximate surface area is 86.6 Å². The van der Waals surface area contributed by atoms with Crippen molar-refractivity contribution < 1.29 is 18.0 Å². The number of rotatable bonds is 2. The van der Waals surface area contributed by atoms with Gasteiger partial charge in [0.1, 0.15) is 6.42 Å². The maximum atomic E-state index is 11.9. The Balaban J connectivity index is 2.37. The van der Waals surface area contributed by atoms with Gasteiger partial charge in [0.15, 0.2) is 0 Å². The molecular formula is C9H15F3N2O. The van der Waals surface area contributed by atoms with Crippen molar-refractivity contribution >= 4 is 5.91 Å². The first-order valence-corrected chi connectivity index (χ1v) is 4.94. The lowest BCUT2D eigenvalue weighted by Crippen LogP contribution is -2.44. The lowest BCUT2D eigenvalue weighted by molar-refractivity contribution is -0.162. The van der Waals surface area contributed by atoms with Crippen LogP contribution in [-0.4, -0.2) is 43.2 Å². The molecule has 0 aromatic carbocycles. The van der Waals surface area contributed by atoms with E-state index in [9.17, 15) is 18.0 Å². The van der Waals surface area contributed by atoms with Crippen molar-refractivity contribution in [1.29, 1.82) is 0 Å². The molecule has 1 rings (SSSR count). The molecule has 1 heterocycles. The van der Waals surface area contributed by atoms with E-state index in [1.165, 1.54) is 4.90 Å². The average molecular weight is 224 g/mol. The van der Waals surface area contributed by atoms with Crippen LogP contribution in [-0.2, 0) is 4.79 Å². The van der Waals surface area contributed by atoms with Gasteiger partial charge in [-0.3, -0.25) is 4.79 Å². The summed E-state index contributed by atoms with van der Waals surface area (Å²) in [6.45, 7) is 0.834. The van der Waals surface area contributed by atoms with Gasteiger partial charge in [-0.05, 0) is 19.9 Å². The minimum absolute atomic E-state index is 0.319. The third-order valence-electron chi connectivity index (χ3n) is 2.61. The van der Waals surface area contributed by atoms with Crippen LogP contribution in [0.3, 0.4) is 0 Å². The normalized spacial score (nSPS) is 19.3. The van der Waals surface area contributed by atoms with E-state index >= 15 is 0 Å². The van der Waals surface area contributed by atoms with Crippen molar-refractivity contribution in [1.82, 2.24) is 10.2 Å². The number of hydrogen-bond donors (Lipinski definition) is 1. The molecule has 0 bridgehead atoms. The second kappa shape index (κ2) is 4.83. The number of piperidine rings is 1. The summed E-state index contributed by atoms with van der Waals surface area (Å²) in [7, 11) is 1.82. The maximum absolute atomic E-state index is 11.9. The summed E-state index contributed by atoms with van der Waals surface area (Å²) < 4.78 is 35.8. The Bertz CT molecular complexity index is 222. The second-order valence-corrected chi connectivity index (χ2v) is 3.74. The molecule has 0 aromatic heterocycles. The first-order valence-electron chi connectivity index (χ1n) is 4.94. The van der Waals surface area contributed by atoms with Crippen LogP contribution >= 0.6 is 0 Å². The van der Waals surface area contributed by atoms with E-state index in [2.05, 4.69) is 5.32 Å². The smallest absolute Gasteiger partial charge is 0.342 e. The number of halogens is 3. The highest BCUT2D eigenvalue weighted by molar-refractivity contribution is 5.76. The Hall–Kier alpha value is -0.780. The first-order chi connectivity index (χ1) is 6.92. The molecule has 15 heavy (non-hydrogen) atoms. The molecular weight excluding hydrogens is 209 g/mol. The second-order valence-electron chi connectivity index (χ2n) is 3.74. The molecule has 0 atom stereocenters. The van der Waals surface area contributed by atoms with Gasteiger partial charge < -0.3 is 10.2 Å². The standard InChI is InChI=1S/C9H15F3N2O/c1-13-7-2-4-14(5-3-7)8(15)6-9(10,11)12/h7,13H,2-6H2,1H3. The molecule has 6 heteroatoms. The van der Waals surface area contributed by atoms with E-state index in [-0.39, 0.29) is 0 Å². The van der Waals surface area contributed by atoms with E-state index in [0.29, 0.717) is 19.1 Å². The number of likely N-dealkylation sites (tertiary alicyclic amines) is 1. The molecule has 0 aromatic rings. The molecule has 1 aliphatic rings. The van der Waals surface area contributed by atoms with Gasteiger partial charge in [0.05, 0.1) is 0 Å². The number of hydrogen-bond acceptors (Lipinski definition) is 2. The summed E-state index contributed by atoms with van der Waals surface area (Å²) in [5.41, 5.74) is 0. The van der Waals surface area contributed by atoms with Crippen LogP contribution in [0, 0.1) is 0 Å². The van der Waals surface area contributed by atoms with Crippen LogP contribution in [0.4, 0.5) is 13.2 Å². The number of nitrogens with one attached hydrogen (secondary N) is 1. The molecule has 88 valence electrons. The minimum Gasteiger partial charge on any atom is -0.342 e. The molecule has 0 aliphatic carbocycles. The molecule has 3 nitrogen and oxygen atoms in total. The van der Waals surface area contributed by atoms with Crippen LogP contribution in [0.5, 0.6) is 0 Å². The molecule has 1 fully saturated rings. The predicted octanol–water partition coefficient (Wildman–Crippen LogP) is 1.15. The van der Waals surface area contributed by atoms with Gasteiger partial charge in [0, 0.05) is 19.1 Å². The summed E-state index contributed by atoms with van der Waals surface area (Å²) in [5.74, 6) is -0.808. The summed E-state index contributed by atoms with van der Waals surface area (Å²) in [6.07, 6.45) is -4.28. The van der Waals surface area contributed by atoms with Crippen LogP contribution in [0.2, 0.25) is 0 Å². The Morgan fingerprint density at radius 2 is 1.93 bits per heavy atom. The van der Waals surface area contributed by atoms with Crippen molar-refractivity contribution in [3.05, 3.63) is 0 Å². The highest BCUT2D eigenvalue weighted by Crippen LogP contribution is 2.22. The fourth-order valence-electron chi connectivity index (χ4n) is 1.70. The Morgan fingerprint density at radius 3 is 2.33 bits per heavy atom. The minimum atomic E-state index is -4.39. The van der Waals surface area contributed by atoms with Crippen LogP contribution in [0.1, 0.15) is 19.3 Å². The average Bonchev–Trinajstić information content (AvgIpc) is 2.15. The molecule has 1 N–H and O–H groups in total. The zero-order chi connectivity index (χ0) is 11.5. The van der Waals surface area contributed by atoms with Crippen molar-refractivity contribution in [2.24, 2.45) is 0 Å². The monoisotopic (exact) mass is 224 g/mol. The van der Waals surface area contributed by atoms with Crippen molar-refractivity contribution in [3.63, 3.8) is 0 Å². The zero-order valence-electron chi connectivity index (χ0n) is 8.60. The van der Waals surface area contributed by atoms with E-state index in [1.54, 1.807) is 0 Å². The third-order valence-corrected chi connectivity index (χ3v) is 2.61. The van der Waals surface area contributed by atoms with E-state index < -0.39 is 18.5 Å². The maximum Gasteiger partial charge on any atom is 0.397 e. The fourth-order valence-corrected chi connectivity index (χ4v) is 1.70. The van der Waals surface area contributed by atoms with Gasteiger partial charge in [-0.15, -0.1) is 0 Å². The quantitative estimate of drug-likeness (QED) is 0.763. The van der Waals surface area contributed by atoms with Gasteiger partial charge in [0.2, 0.25) is 5.91 Å². The summed E-state index contributed by atoms with van der Waals surface area (Å²) in [6, 6.07) is 0.319. The molecule has 0 unspecified atom stereocenters. The van der Waals surface area contributed by atoms with E-state index in [4.69, 9.17) is 0 Å². The summed E-state index contributed by atoms with van der Waals surface area (Å²) in [4.78, 5) is 12.5. The molecule has 1 amide bonds. The lowest BCUT2D eigenvalue weighted by atomic mass is 10.1. The van der Waals surface area contributed by atoms with Gasteiger partial charge in [-0.25, -0.2) is 0 Å². The van der Waals surface area contributed by atoms with Gasteiger partial charge in [-0.1, -0.05) is 0 Å². The summed E-state index contributed by atoms with van der Waals surface area (Å²) >= 11 is 0. The number of alkyl halides is 3. The lowest BCUT2D eigenvalue weighted by Gasteiger charge is -2.32. The number of carbonyl (C=O) groups is 1. The first kappa shape index (κ1) is 12.3. The fraction of sp³-hybridized carbons (Fsp3) is 0.889. The Kier molecular flexibility index (Phi) is 3.96. The third kappa shape index (κ3) is 4.07. The molecule has 1 saturated heterocycles. The van der Waals surface area contributed by atoms with Gasteiger partial charge in [0.25, 0.3) is 0 Å². The summed E-state index contributed by atoms with van der Waals surface area (Å²) in [5, 5.41) is 3.05. The highest BCUT2D eigenvalue weighted by atomic mass is 19.4. The number of amides is 1. The van der Waals surface area contributed by atoms with Crippen molar-refractivity contribution in [2.75, 3.05) is 20.1 Å². The zero-order valence-corrected chi connectivity index (χ0v) is 8.60. The van der Waals surface area contributed by atoms with Gasteiger partial charge >= 0.3 is 6.18 Å². The van der Waals surface area contributed by atoms with E-state index in [1.807, 2.05) is 7.05 Å².